The Labute approximate surface area is 326 Å². The molecule has 0 aromatic carbocycles. The van der Waals surface area contributed by atoms with Gasteiger partial charge in [-0.1, -0.05) is 182 Å². The van der Waals surface area contributed by atoms with Crippen molar-refractivity contribution in [3.8, 4) is 0 Å². The number of nitrogens with one attached hydrogen (secondary N) is 1. The first-order valence-electron chi connectivity index (χ1n) is 23.4. The van der Waals surface area contributed by atoms with Crippen LogP contribution in [0.2, 0.25) is 0 Å². The minimum absolute atomic E-state index is 0.0136. The molecular weight excluding hydrogens is 643 g/mol. The van der Waals surface area contributed by atoms with Crippen LogP contribution in [0.25, 0.3) is 0 Å². The molecule has 310 valence electrons. The van der Waals surface area contributed by atoms with E-state index in [-0.39, 0.29) is 23.5 Å². The first kappa shape index (κ1) is 50.9. The highest BCUT2D eigenvalue weighted by Crippen LogP contribution is 2.27. The maximum atomic E-state index is 12.7. The third kappa shape index (κ3) is 38.6. The van der Waals surface area contributed by atoms with Gasteiger partial charge >= 0.3 is 11.9 Å². The van der Waals surface area contributed by atoms with Crippen LogP contribution >= 0.6 is 0 Å². The van der Waals surface area contributed by atoms with E-state index < -0.39 is 0 Å². The Morgan fingerprint density at radius 2 is 0.846 bits per heavy atom. The van der Waals surface area contributed by atoms with Gasteiger partial charge in [0, 0.05) is 12.8 Å². The van der Waals surface area contributed by atoms with Crippen molar-refractivity contribution in [2.75, 3.05) is 19.7 Å². The van der Waals surface area contributed by atoms with Crippen molar-refractivity contribution < 1.29 is 19.1 Å². The molecule has 0 heterocycles. The van der Waals surface area contributed by atoms with E-state index in [4.69, 9.17) is 9.47 Å². The summed E-state index contributed by atoms with van der Waals surface area (Å²) in [5, 5.41) is 3.62. The van der Waals surface area contributed by atoms with Gasteiger partial charge in [0.2, 0.25) is 0 Å². The largest absolute Gasteiger partial charge is 0.466 e. The molecule has 0 atom stereocenters. The second kappa shape index (κ2) is 39.6. The molecule has 1 N–H and O–H groups in total. The summed E-state index contributed by atoms with van der Waals surface area (Å²) in [5.41, 5.74) is 0.215. The minimum Gasteiger partial charge on any atom is -0.466 e. The van der Waals surface area contributed by atoms with Crippen LogP contribution in [0.15, 0.2) is 0 Å². The number of carbonyl (C=O) groups excluding carboxylic acids is 2. The zero-order valence-corrected chi connectivity index (χ0v) is 36.1. The van der Waals surface area contributed by atoms with Crippen LogP contribution in [-0.4, -0.2) is 37.7 Å². The zero-order valence-electron chi connectivity index (χ0n) is 36.1. The van der Waals surface area contributed by atoms with Gasteiger partial charge in [0.15, 0.2) is 0 Å². The summed E-state index contributed by atoms with van der Waals surface area (Å²) in [6.07, 6.45) is 42.0. The molecule has 5 heteroatoms. The second-order valence-electron chi connectivity index (χ2n) is 17.0. The molecule has 0 saturated carbocycles. The van der Waals surface area contributed by atoms with Crippen LogP contribution in [0.3, 0.4) is 0 Å². The molecule has 0 saturated heterocycles. The molecule has 0 aliphatic carbocycles. The molecule has 0 unspecified atom stereocenters. The van der Waals surface area contributed by atoms with E-state index in [0.29, 0.717) is 19.4 Å². The summed E-state index contributed by atoms with van der Waals surface area (Å²) in [4.78, 5) is 24.8. The number of rotatable bonds is 42. The van der Waals surface area contributed by atoms with E-state index in [2.05, 4.69) is 39.9 Å². The average Bonchev–Trinajstić information content (AvgIpc) is 3.12. The fourth-order valence-corrected chi connectivity index (χ4v) is 7.24. The third-order valence-electron chi connectivity index (χ3n) is 11.0. The lowest BCUT2D eigenvalue weighted by atomic mass is 9.84. The maximum absolute atomic E-state index is 12.7. The Balaban J connectivity index is 3.85. The highest BCUT2D eigenvalue weighted by Gasteiger charge is 2.18. The van der Waals surface area contributed by atoms with Crippen LogP contribution in [-0.2, 0) is 19.1 Å². The van der Waals surface area contributed by atoms with Gasteiger partial charge in [0.1, 0.15) is 6.10 Å². The molecule has 0 aliphatic rings. The van der Waals surface area contributed by atoms with Gasteiger partial charge in [-0.25, -0.2) is 0 Å². The van der Waals surface area contributed by atoms with Crippen molar-refractivity contribution in [2.24, 2.45) is 5.41 Å². The molecule has 0 spiro atoms. The predicted molar refractivity (Wildman–Crippen MR) is 226 cm³/mol. The van der Waals surface area contributed by atoms with Crippen LogP contribution in [0.5, 0.6) is 0 Å². The van der Waals surface area contributed by atoms with E-state index in [1.807, 2.05) is 0 Å². The number of unbranched alkanes of at least 4 members (excludes halogenated alkanes) is 24. The van der Waals surface area contributed by atoms with Gasteiger partial charge in [0.25, 0.3) is 0 Å². The smallest absolute Gasteiger partial charge is 0.306 e. The van der Waals surface area contributed by atoms with Crippen molar-refractivity contribution in [1.82, 2.24) is 5.32 Å². The lowest BCUT2D eigenvalue weighted by Crippen LogP contribution is -2.19. The van der Waals surface area contributed by atoms with Crippen molar-refractivity contribution in [1.29, 1.82) is 0 Å². The molecule has 0 radical (unpaired) electrons. The topological polar surface area (TPSA) is 64.6 Å². The van der Waals surface area contributed by atoms with E-state index in [0.717, 1.165) is 58.0 Å². The van der Waals surface area contributed by atoms with Crippen molar-refractivity contribution in [3.63, 3.8) is 0 Å². The molecule has 0 amide bonds. The standard InChI is InChI=1S/C47H93NO4/c1-6-9-12-15-18-21-25-30-37-45(49)51-43-40-47(4,5)39-32-34-42-48-41-33-27-22-26-31-38-46(50)52-44(35-28-23-19-16-13-10-7-2)36-29-24-20-17-14-11-8-3/h44,48H,6-43H2,1-5H3. The van der Waals surface area contributed by atoms with Gasteiger partial charge in [-0.15, -0.1) is 0 Å². The normalized spacial score (nSPS) is 11.8. The van der Waals surface area contributed by atoms with E-state index >= 15 is 0 Å². The Morgan fingerprint density at radius 3 is 1.33 bits per heavy atom. The van der Waals surface area contributed by atoms with Gasteiger partial charge < -0.3 is 14.8 Å². The van der Waals surface area contributed by atoms with Crippen molar-refractivity contribution >= 4 is 11.9 Å². The number of carbonyl (C=O) groups is 2. The molecule has 0 aliphatic heterocycles. The summed E-state index contributed by atoms with van der Waals surface area (Å²) in [7, 11) is 0. The van der Waals surface area contributed by atoms with Crippen molar-refractivity contribution in [3.05, 3.63) is 0 Å². The Morgan fingerprint density at radius 1 is 0.462 bits per heavy atom. The fraction of sp³-hybridized carbons (Fsp3) is 0.957. The zero-order chi connectivity index (χ0) is 38.2. The summed E-state index contributed by atoms with van der Waals surface area (Å²) >= 11 is 0. The van der Waals surface area contributed by atoms with E-state index in [1.165, 1.54) is 167 Å². The fourth-order valence-electron chi connectivity index (χ4n) is 7.24. The molecule has 0 bridgehead atoms. The highest BCUT2D eigenvalue weighted by molar-refractivity contribution is 5.69. The molecule has 0 rings (SSSR count). The summed E-state index contributed by atoms with van der Waals surface area (Å²) in [5.74, 6) is 0.0242. The monoisotopic (exact) mass is 736 g/mol. The first-order chi connectivity index (χ1) is 25.3. The minimum atomic E-state index is -0.0136. The third-order valence-corrected chi connectivity index (χ3v) is 11.0. The number of hydrogen-bond donors (Lipinski definition) is 1. The van der Waals surface area contributed by atoms with Crippen LogP contribution in [0.1, 0.15) is 259 Å². The summed E-state index contributed by atoms with van der Waals surface area (Å²) in [6, 6.07) is 0. The molecule has 0 aromatic rings. The Kier molecular flexibility index (Phi) is 38.8. The molecule has 0 fully saturated rings. The molecule has 5 nitrogen and oxygen atoms in total. The summed E-state index contributed by atoms with van der Waals surface area (Å²) in [6.45, 7) is 14.1. The Hall–Kier alpha value is -1.10. The number of hydrogen-bond acceptors (Lipinski definition) is 5. The maximum Gasteiger partial charge on any atom is 0.306 e. The molecule has 52 heavy (non-hydrogen) atoms. The number of esters is 2. The van der Waals surface area contributed by atoms with Gasteiger partial charge in [-0.2, -0.15) is 0 Å². The Bertz CT molecular complexity index is 736. The van der Waals surface area contributed by atoms with Crippen molar-refractivity contribution in [2.45, 2.75) is 265 Å². The van der Waals surface area contributed by atoms with Gasteiger partial charge in [-0.05, 0) is 82.7 Å². The lowest BCUT2D eigenvalue weighted by molar-refractivity contribution is -0.150. The second-order valence-corrected chi connectivity index (χ2v) is 17.0. The lowest BCUT2D eigenvalue weighted by Gasteiger charge is -2.24. The summed E-state index contributed by atoms with van der Waals surface area (Å²) < 4.78 is 11.6. The van der Waals surface area contributed by atoms with E-state index in [9.17, 15) is 9.59 Å². The van der Waals surface area contributed by atoms with Crippen LogP contribution in [0, 0.1) is 5.41 Å². The van der Waals surface area contributed by atoms with Crippen LogP contribution in [0.4, 0.5) is 0 Å². The predicted octanol–water partition coefficient (Wildman–Crippen LogP) is 14.8. The highest BCUT2D eigenvalue weighted by atomic mass is 16.5. The van der Waals surface area contributed by atoms with E-state index in [1.54, 1.807) is 0 Å². The van der Waals surface area contributed by atoms with Gasteiger partial charge in [0.05, 0.1) is 6.61 Å². The molecule has 0 aromatic heterocycles. The first-order valence-corrected chi connectivity index (χ1v) is 23.4. The SMILES string of the molecule is CCCCCCCCCCC(=O)OCCC(C)(C)CCCCNCCCCCCCC(=O)OC(CCCCCCCCC)CCCCCCCCC. The number of ether oxygens (including phenoxy) is 2. The van der Waals surface area contributed by atoms with Gasteiger partial charge in [-0.3, -0.25) is 9.59 Å². The quantitative estimate of drug-likeness (QED) is 0.0499. The van der Waals surface area contributed by atoms with Crippen LogP contribution < -0.4 is 5.32 Å². The molecular formula is C47H93NO4. The average molecular weight is 736 g/mol.